The normalized spacial score (nSPS) is 21.9. The number of aliphatic hydroxyl groups excluding tert-OH is 2. The number of carbonyl (C=O) groups excluding carboxylic acids is 2. The smallest absolute Gasteiger partial charge is 0.209 e. The summed E-state index contributed by atoms with van der Waals surface area (Å²) in [4.78, 5) is 25.4. The third-order valence-electron chi connectivity index (χ3n) is 4.35. The van der Waals surface area contributed by atoms with E-state index in [2.05, 4.69) is 0 Å². The van der Waals surface area contributed by atoms with Crippen molar-refractivity contribution in [3.05, 3.63) is 22.7 Å². The summed E-state index contributed by atoms with van der Waals surface area (Å²) in [5.41, 5.74) is -2.40. The molecule has 0 saturated heterocycles. The van der Waals surface area contributed by atoms with Gasteiger partial charge >= 0.3 is 0 Å². The van der Waals surface area contributed by atoms with Gasteiger partial charge in [-0.05, 0) is 37.0 Å². The van der Waals surface area contributed by atoms with Crippen molar-refractivity contribution < 1.29 is 24.9 Å². The number of Topliss-reactive ketones (excluding diaryl/α,β-unsaturated/α-hetero) is 2. The lowest BCUT2D eigenvalue weighted by Crippen LogP contribution is -2.48. The Labute approximate surface area is 150 Å². The number of aliphatic hydroxyl groups is 3. The SMILES string of the molecule is CC(C)CCC1=C(O)C(O)(CC(C)C)C(=O)C(C(=O)CC(C)C)=C1O. The fourth-order valence-electron chi connectivity index (χ4n) is 3.12. The molecule has 0 aromatic heterocycles. The Morgan fingerprint density at radius 1 is 1.00 bits per heavy atom. The summed E-state index contributed by atoms with van der Waals surface area (Å²) >= 11 is 0. The highest BCUT2D eigenvalue weighted by Crippen LogP contribution is 2.39. The van der Waals surface area contributed by atoms with Crippen molar-refractivity contribution in [2.75, 3.05) is 0 Å². The van der Waals surface area contributed by atoms with Gasteiger partial charge in [0.2, 0.25) is 5.78 Å². The highest BCUT2D eigenvalue weighted by Gasteiger charge is 2.50. The molecular formula is C20H32O5. The van der Waals surface area contributed by atoms with Crippen molar-refractivity contribution in [2.45, 2.75) is 72.8 Å². The molecule has 25 heavy (non-hydrogen) atoms. The zero-order valence-corrected chi connectivity index (χ0v) is 16.2. The first-order chi connectivity index (χ1) is 11.4. The van der Waals surface area contributed by atoms with Gasteiger partial charge in [0.25, 0.3) is 0 Å². The largest absolute Gasteiger partial charge is 0.508 e. The average Bonchev–Trinajstić information content (AvgIpc) is 2.44. The number of ketones is 2. The van der Waals surface area contributed by atoms with E-state index in [1.807, 2.05) is 41.5 Å². The van der Waals surface area contributed by atoms with Gasteiger partial charge in [0.1, 0.15) is 17.1 Å². The monoisotopic (exact) mass is 352 g/mol. The molecule has 142 valence electrons. The summed E-state index contributed by atoms with van der Waals surface area (Å²) in [5, 5.41) is 32.0. The lowest BCUT2D eigenvalue weighted by molar-refractivity contribution is -0.137. The molecule has 0 saturated carbocycles. The highest BCUT2D eigenvalue weighted by molar-refractivity contribution is 6.25. The van der Waals surface area contributed by atoms with Crippen LogP contribution in [-0.4, -0.2) is 32.5 Å². The van der Waals surface area contributed by atoms with Crippen LogP contribution in [-0.2, 0) is 9.59 Å². The highest BCUT2D eigenvalue weighted by atomic mass is 16.3. The van der Waals surface area contributed by atoms with E-state index >= 15 is 0 Å². The Morgan fingerprint density at radius 3 is 2.00 bits per heavy atom. The molecule has 1 aliphatic rings. The van der Waals surface area contributed by atoms with E-state index in [1.165, 1.54) is 0 Å². The summed E-state index contributed by atoms with van der Waals surface area (Å²) in [6, 6.07) is 0. The summed E-state index contributed by atoms with van der Waals surface area (Å²) in [5.74, 6) is -2.13. The first-order valence-electron chi connectivity index (χ1n) is 9.08. The number of allylic oxidation sites excluding steroid dienone is 1. The molecule has 3 N–H and O–H groups in total. The summed E-state index contributed by atoms with van der Waals surface area (Å²) < 4.78 is 0. The van der Waals surface area contributed by atoms with Crippen molar-refractivity contribution in [2.24, 2.45) is 17.8 Å². The molecule has 1 unspecified atom stereocenters. The van der Waals surface area contributed by atoms with Gasteiger partial charge in [-0.15, -0.1) is 0 Å². The molecule has 0 fully saturated rings. The van der Waals surface area contributed by atoms with Crippen molar-refractivity contribution in [1.29, 1.82) is 0 Å². The van der Waals surface area contributed by atoms with E-state index in [-0.39, 0.29) is 35.8 Å². The molecule has 5 heteroatoms. The molecule has 0 heterocycles. The number of hydrogen-bond acceptors (Lipinski definition) is 5. The number of carbonyl (C=O) groups is 2. The molecule has 5 nitrogen and oxygen atoms in total. The molecule has 0 aliphatic heterocycles. The third kappa shape index (κ3) is 4.72. The molecule has 0 radical (unpaired) electrons. The van der Waals surface area contributed by atoms with Crippen LogP contribution in [0.15, 0.2) is 22.7 Å². The van der Waals surface area contributed by atoms with Crippen molar-refractivity contribution in [1.82, 2.24) is 0 Å². The van der Waals surface area contributed by atoms with Crippen LogP contribution in [0.5, 0.6) is 0 Å². The van der Waals surface area contributed by atoms with Crippen LogP contribution in [0.4, 0.5) is 0 Å². The van der Waals surface area contributed by atoms with Crippen molar-refractivity contribution in [3.63, 3.8) is 0 Å². The lowest BCUT2D eigenvalue weighted by atomic mass is 9.74. The number of rotatable bonds is 8. The molecule has 1 aliphatic carbocycles. The summed E-state index contributed by atoms with van der Waals surface area (Å²) in [6.07, 6.45) is 1.04. The van der Waals surface area contributed by atoms with Gasteiger partial charge in [0, 0.05) is 12.0 Å². The Hall–Kier alpha value is -1.62. The van der Waals surface area contributed by atoms with E-state index in [0.717, 1.165) is 0 Å². The van der Waals surface area contributed by atoms with Crippen LogP contribution in [0.25, 0.3) is 0 Å². The Morgan fingerprint density at radius 2 is 1.56 bits per heavy atom. The minimum Gasteiger partial charge on any atom is -0.508 e. The first-order valence-corrected chi connectivity index (χ1v) is 9.08. The maximum absolute atomic E-state index is 12.8. The second kappa shape index (κ2) is 8.17. The molecule has 1 rings (SSSR count). The maximum Gasteiger partial charge on any atom is 0.209 e. The molecule has 0 aromatic rings. The van der Waals surface area contributed by atoms with Gasteiger partial charge in [0.05, 0.1) is 0 Å². The summed E-state index contributed by atoms with van der Waals surface area (Å²) in [6.45, 7) is 11.3. The Bertz CT molecular complexity index is 595. The Balaban J connectivity index is 3.47. The molecule has 0 bridgehead atoms. The minimum absolute atomic E-state index is 0.00537. The van der Waals surface area contributed by atoms with Gasteiger partial charge in [-0.3, -0.25) is 9.59 Å². The van der Waals surface area contributed by atoms with Gasteiger partial charge in [-0.2, -0.15) is 0 Å². The fraction of sp³-hybridized carbons (Fsp3) is 0.700. The van der Waals surface area contributed by atoms with Gasteiger partial charge in [-0.1, -0.05) is 41.5 Å². The molecule has 1 atom stereocenters. The van der Waals surface area contributed by atoms with Crippen LogP contribution in [0, 0.1) is 17.8 Å². The fourth-order valence-corrected chi connectivity index (χ4v) is 3.12. The first kappa shape index (κ1) is 21.4. The molecular weight excluding hydrogens is 320 g/mol. The van der Waals surface area contributed by atoms with E-state index in [9.17, 15) is 24.9 Å². The second-order valence-electron chi connectivity index (χ2n) is 8.29. The predicted molar refractivity (Wildman–Crippen MR) is 97.3 cm³/mol. The quantitative estimate of drug-likeness (QED) is 0.574. The Kier molecular flexibility index (Phi) is 7.00. The van der Waals surface area contributed by atoms with Crippen LogP contribution >= 0.6 is 0 Å². The lowest BCUT2D eigenvalue weighted by Gasteiger charge is -2.34. The van der Waals surface area contributed by atoms with Gasteiger partial charge in [0.15, 0.2) is 11.4 Å². The zero-order chi connectivity index (χ0) is 19.5. The third-order valence-corrected chi connectivity index (χ3v) is 4.35. The van der Waals surface area contributed by atoms with Gasteiger partial charge in [-0.25, -0.2) is 0 Å². The summed E-state index contributed by atoms with van der Waals surface area (Å²) in [7, 11) is 0. The van der Waals surface area contributed by atoms with E-state index in [4.69, 9.17) is 0 Å². The molecule has 0 spiro atoms. The molecule has 0 aromatic carbocycles. The van der Waals surface area contributed by atoms with Crippen LogP contribution < -0.4 is 0 Å². The zero-order valence-electron chi connectivity index (χ0n) is 16.2. The van der Waals surface area contributed by atoms with Crippen molar-refractivity contribution in [3.8, 4) is 0 Å². The van der Waals surface area contributed by atoms with Crippen LogP contribution in [0.3, 0.4) is 0 Å². The van der Waals surface area contributed by atoms with E-state index in [0.29, 0.717) is 18.8 Å². The molecule has 0 amide bonds. The van der Waals surface area contributed by atoms with Crippen LogP contribution in [0.2, 0.25) is 0 Å². The standard InChI is InChI=1S/C20H32O5/c1-11(2)7-8-14-17(22)16(15(21)9-12(3)4)19(24)20(25,18(14)23)10-13(5)6/h11-13,22-23,25H,7-10H2,1-6H3. The maximum atomic E-state index is 12.8. The topological polar surface area (TPSA) is 94.8 Å². The van der Waals surface area contributed by atoms with Crippen molar-refractivity contribution >= 4 is 11.6 Å². The number of hydrogen-bond donors (Lipinski definition) is 3. The minimum atomic E-state index is -2.14. The van der Waals surface area contributed by atoms with Gasteiger partial charge < -0.3 is 15.3 Å². The van der Waals surface area contributed by atoms with E-state index in [1.54, 1.807) is 0 Å². The van der Waals surface area contributed by atoms with Crippen LogP contribution in [0.1, 0.15) is 67.2 Å². The average molecular weight is 352 g/mol. The second-order valence-corrected chi connectivity index (χ2v) is 8.29. The van der Waals surface area contributed by atoms with E-state index < -0.39 is 28.7 Å². The predicted octanol–water partition coefficient (Wildman–Crippen LogP) is 4.02.